The molecule has 0 atom stereocenters. The number of likely N-dealkylation sites (N-methyl/N-ethyl adjacent to an activating group) is 1. The highest BCUT2D eigenvalue weighted by molar-refractivity contribution is 7.17. The minimum absolute atomic E-state index is 0.0496. The average molecular weight is 243 g/mol. The maximum Gasteiger partial charge on any atom is 0.265 e. The number of hydrogen-bond donors (Lipinski definition) is 1. The summed E-state index contributed by atoms with van der Waals surface area (Å²) in [4.78, 5) is 18.2. The molecule has 0 fully saturated rings. The normalized spacial score (nSPS) is 10.4. The van der Waals surface area contributed by atoms with Gasteiger partial charge in [0.25, 0.3) is 5.91 Å². The molecule has 2 N–H and O–H groups in total. The summed E-state index contributed by atoms with van der Waals surface area (Å²) in [5.74, 6) is -0.0496. The molecule has 6 heteroatoms. The van der Waals surface area contributed by atoms with E-state index in [0.29, 0.717) is 35.5 Å². The first-order valence-electron chi connectivity index (χ1n) is 5.12. The molecule has 0 aromatic carbocycles. The van der Waals surface area contributed by atoms with Crippen molar-refractivity contribution in [1.82, 2.24) is 9.88 Å². The summed E-state index contributed by atoms with van der Waals surface area (Å²) in [5.41, 5.74) is 6.24. The van der Waals surface area contributed by atoms with Crippen molar-refractivity contribution >= 4 is 22.4 Å². The highest BCUT2D eigenvalue weighted by atomic mass is 32.1. The van der Waals surface area contributed by atoms with E-state index < -0.39 is 0 Å². The van der Waals surface area contributed by atoms with Crippen molar-refractivity contribution in [2.24, 2.45) is 0 Å². The minimum atomic E-state index is -0.0496. The Bertz CT molecular complexity index is 365. The molecule has 0 unspecified atom stereocenters. The van der Waals surface area contributed by atoms with Gasteiger partial charge in [0.1, 0.15) is 4.88 Å². The maximum atomic E-state index is 12.0. The van der Waals surface area contributed by atoms with E-state index in [1.54, 1.807) is 18.9 Å². The molecular weight excluding hydrogens is 226 g/mol. The lowest BCUT2D eigenvalue weighted by molar-refractivity contribution is 0.0713. The number of carbonyl (C=O) groups excluding carboxylic acids is 1. The Labute approximate surface area is 99.2 Å². The lowest BCUT2D eigenvalue weighted by Crippen LogP contribution is -2.30. The average Bonchev–Trinajstić information content (AvgIpc) is 2.57. The van der Waals surface area contributed by atoms with Gasteiger partial charge in [0.2, 0.25) is 0 Å². The van der Waals surface area contributed by atoms with Crippen molar-refractivity contribution in [3.05, 3.63) is 10.6 Å². The topological polar surface area (TPSA) is 68.5 Å². The fourth-order valence-electron chi connectivity index (χ4n) is 1.24. The molecule has 1 amide bonds. The van der Waals surface area contributed by atoms with E-state index in [0.717, 1.165) is 0 Å². The number of rotatable bonds is 5. The SMILES string of the molecule is CCOCCN(C)C(=O)c1sc(N)nc1C. The predicted molar refractivity (Wildman–Crippen MR) is 64.7 cm³/mol. The van der Waals surface area contributed by atoms with E-state index in [9.17, 15) is 4.79 Å². The molecule has 0 aliphatic rings. The van der Waals surface area contributed by atoms with Crippen LogP contribution >= 0.6 is 11.3 Å². The second kappa shape index (κ2) is 5.81. The van der Waals surface area contributed by atoms with Gasteiger partial charge in [-0.15, -0.1) is 0 Å². The molecule has 0 bridgehead atoms. The first-order valence-corrected chi connectivity index (χ1v) is 5.94. The van der Waals surface area contributed by atoms with Gasteiger partial charge >= 0.3 is 0 Å². The zero-order chi connectivity index (χ0) is 12.1. The van der Waals surface area contributed by atoms with Crippen molar-refractivity contribution in [3.63, 3.8) is 0 Å². The summed E-state index contributed by atoms with van der Waals surface area (Å²) in [7, 11) is 1.75. The van der Waals surface area contributed by atoms with E-state index in [-0.39, 0.29) is 5.91 Å². The van der Waals surface area contributed by atoms with E-state index >= 15 is 0 Å². The number of ether oxygens (including phenoxy) is 1. The first kappa shape index (κ1) is 12.9. The molecule has 5 nitrogen and oxygen atoms in total. The Morgan fingerprint density at radius 3 is 2.81 bits per heavy atom. The summed E-state index contributed by atoms with van der Waals surface area (Å²) in [6, 6.07) is 0. The Balaban J connectivity index is 2.60. The lowest BCUT2D eigenvalue weighted by Gasteiger charge is -2.15. The van der Waals surface area contributed by atoms with Crippen LogP contribution in [0.25, 0.3) is 0 Å². The van der Waals surface area contributed by atoms with Crippen LogP contribution in [0.15, 0.2) is 0 Å². The Morgan fingerprint density at radius 1 is 1.62 bits per heavy atom. The molecule has 1 rings (SSSR count). The zero-order valence-corrected chi connectivity index (χ0v) is 10.6. The van der Waals surface area contributed by atoms with Crippen molar-refractivity contribution in [2.75, 3.05) is 32.5 Å². The van der Waals surface area contributed by atoms with Gasteiger partial charge < -0.3 is 15.4 Å². The van der Waals surface area contributed by atoms with Crippen LogP contribution in [0.4, 0.5) is 5.13 Å². The van der Waals surface area contributed by atoms with Gasteiger partial charge in [-0.1, -0.05) is 11.3 Å². The molecule has 0 saturated heterocycles. The molecule has 0 aliphatic carbocycles. The Morgan fingerprint density at radius 2 is 2.31 bits per heavy atom. The van der Waals surface area contributed by atoms with Gasteiger partial charge in [0.15, 0.2) is 5.13 Å². The van der Waals surface area contributed by atoms with Crippen molar-refractivity contribution in [3.8, 4) is 0 Å². The zero-order valence-electron chi connectivity index (χ0n) is 9.82. The molecule has 1 aromatic rings. The van der Waals surface area contributed by atoms with Gasteiger partial charge in [-0.05, 0) is 13.8 Å². The van der Waals surface area contributed by atoms with Crippen LogP contribution in [-0.4, -0.2) is 42.6 Å². The molecule has 0 radical (unpaired) electrons. The highest BCUT2D eigenvalue weighted by Crippen LogP contribution is 2.20. The van der Waals surface area contributed by atoms with Crippen LogP contribution in [-0.2, 0) is 4.74 Å². The van der Waals surface area contributed by atoms with E-state index in [4.69, 9.17) is 10.5 Å². The third-order valence-electron chi connectivity index (χ3n) is 2.13. The lowest BCUT2D eigenvalue weighted by atomic mass is 10.3. The molecule has 1 aromatic heterocycles. The number of carbonyl (C=O) groups is 1. The van der Waals surface area contributed by atoms with Crippen LogP contribution in [0.3, 0.4) is 0 Å². The van der Waals surface area contributed by atoms with E-state index in [1.807, 2.05) is 6.92 Å². The summed E-state index contributed by atoms with van der Waals surface area (Å²) < 4.78 is 5.19. The van der Waals surface area contributed by atoms with Gasteiger partial charge in [0.05, 0.1) is 12.3 Å². The number of hydrogen-bond acceptors (Lipinski definition) is 5. The van der Waals surface area contributed by atoms with Crippen LogP contribution in [0.5, 0.6) is 0 Å². The summed E-state index contributed by atoms with van der Waals surface area (Å²) in [6.07, 6.45) is 0. The number of anilines is 1. The molecule has 0 spiro atoms. The second-order valence-corrected chi connectivity index (χ2v) is 4.42. The van der Waals surface area contributed by atoms with Crippen molar-refractivity contribution in [2.45, 2.75) is 13.8 Å². The largest absolute Gasteiger partial charge is 0.380 e. The van der Waals surface area contributed by atoms with Gasteiger partial charge in [-0.3, -0.25) is 4.79 Å². The number of nitrogen functional groups attached to an aromatic ring is 1. The molecule has 0 aliphatic heterocycles. The molecular formula is C10H17N3O2S. The highest BCUT2D eigenvalue weighted by Gasteiger charge is 2.17. The molecule has 1 heterocycles. The number of aromatic nitrogens is 1. The summed E-state index contributed by atoms with van der Waals surface area (Å²) in [5, 5.41) is 0.430. The summed E-state index contributed by atoms with van der Waals surface area (Å²) in [6.45, 7) is 5.50. The van der Waals surface area contributed by atoms with E-state index in [1.165, 1.54) is 11.3 Å². The third kappa shape index (κ3) is 3.18. The number of aryl methyl sites for hydroxylation is 1. The number of amides is 1. The first-order chi connectivity index (χ1) is 7.56. The molecule has 90 valence electrons. The van der Waals surface area contributed by atoms with Crippen LogP contribution in [0.1, 0.15) is 22.3 Å². The smallest absolute Gasteiger partial charge is 0.265 e. The van der Waals surface area contributed by atoms with Crippen LogP contribution in [0.2, 0.25) is 0 Å². The predicted octanol–water partition coefficient (Wildman–Crippen LogP) is 1.14. The van der Waals surface area contributed by atoms with Crippen LogP contribution in [0, 0.1) is 6.92 Å². The number of nitrogens with zero attached hydrogens (tertiary/aromatic N) is 2. The second-order valence-electron chi connectivity index (χ2n) is 3.39. The Hall–Kier alpha value is -1.14. The molecule has 16 heavy (non-hydrogen) atoms. The van der Waals surface area contributed by atoms with Gasteiger partial charge in [-0.25, -0.2) is 4.98 Å². The molecule has 0 saturated carbocycles. The van der Waals surface area contributed by atoms with Gasteiger partial charge in [-0.2, -0.15) is 0 Å². The van der Waals surface area contributed by atoms with E-state index in [2.05, 4.69) is 4.98 Å². The third-order valence-corrected chi connectivity index (χ3v) is 3.10. The van der Waals surface area contributed by atoms with Crippen LogP contribution < -0.4 is 5.73 Å². The fraction of sp³-hybridized carbons (Fsp3) is 0.600. The standard InChI is InChI=1S/C10H17N3O2S/c1-4-15-6-5-13(3)9(14)8-7(2)12-10(11)16-8/h4-6H2,1-3H3,(H2,11,12). The number of nitrogens with two attached hydrogens (primary N) is 1. The summed E-state index contributed by atoms with van der Waals surface area (Å²) >= 11 is 1.22. The maximum absolute atomic E-state index is 12.0. The monoisotopic (exact) mass is 243 g/mol. The number of thiazole rings is 1. The minimum Gasteiger partial charge on any atom is -0.380 e. The van der Waals surface area contributed by atoms with Crippen molar-refractivity contribution in [1.29, 1.82) is 0 Å². The fourth-order valence-corrected chi connectivity index (χ4v) is 2.06. The Kier molecular flexibility index (Phi) is 4.70. The van der Waals surface area contributed by atoms with Crippen molar-refractivity contribution < 1.29 is 9.53 Å². The quantitative estimate of drug-likeness (QED) is 0.787. The van der Waals surface area contributed by atoms with Gasteiger partial charge in [0, 0.05) is 20.2 Å².